The molecule has 4 aliphatic carbocycles. The van der Waals surface area contributed by atoms with E-state index < -0.39 is 16.9 Å². The molecule has 0 aliphatic heterocycles. The molecule has 7 atom stereocenters. The fourth-order valence-electron chi connectivity index (χ4n) is 8.44. The SMILES string of the molecule is CC(=O)O[C@H]1C[C@@H]2C(C)(C)C(=O)C=C[C@]2(C)[C@H]2CC[C@]3(C)C(=CC(=O)[C@H]3c3ccoc3)[C@]12C. The van der Waals surface area contributed by atoms with Crippen LogP contribution in [-0.4, -0.2) is 23.6 Å². The monoisotopic (exact) mass is 450 g/mol. The summed E-state index contributed by atoms with van der Waals surface area (Å²) in [6.07, 6.45) is 11.0. The van der Waals surface area contributed by atoms with Crippen LogP contribution in [0.5, 0.6) is 0 Å². The van der Waals surface area contributed by atoms with Crippen LogP contribution in [0, 0.1) is 33.5 Å². The quantitative estimate of drug-likeness (QED) is 0.563. The molecule has 0 unspecified atom stereocenters. The van der Waals surface area contributed by atoms with E-state index in [9.17, 15) is 14.4 Å². The Balaban J connectivity index is 1.68. The van der Waals surface area contributed by atoms with Gasteiger partial charge in [-0.3, -0.25) is 14.4 Å². The molecule has 0 N–H and O–H groups in total. The van der Waals surface area contributed by atoms with Crippen molar-refractivity contribution in [3.8, 4) is 0 Å². The van der Waals surface area contributed by atoms with Gasteiger partial charge in [0, 0.05) is 28.7 Å². The zero-order valence-electron chi connectivity index (χ0n) is 20.4. The van der Waals surface area contributed by atoms with Crippen LogP contribution in [0.4, 0.5) is 0 Å². The third-order valence-electron chi connectivity index (χ3n) is 9.99. The number of rotatable bonds is 2. The highest BCUT2D eigenvalue weighted by Gasteiger charge is 2.69. The number of allylic oxidation sites excluding steroid dienone is 3. The van der Waals surface area contributed by atoms with Crippen LogP contribution >= 0.6 is 0 Å². The Bertz CT molecular complexity index is 1090. The summed E-state index contributed by atoms with van der Waals surface area (Å²) in [5.74, 6) is -0.177. The number of esters is 1. The van der Waals surface area contributed by atoms with Crippen LogP contribution in [-0.2, 0) is 19.1 Å². The Kier molecular flexibility index (Phi) is 4.61. The van der Waals surface area contributed by atoms with Crippen molar-refractivity contribution in [2.45, 2.75) is 72.8 Å². The van der Waals surface area contributed by atoms with Crippen molar-refractivity contribution in [3.63, 3.8) is 0 Å². The molecule has 1 aromatic heterocycles. The van der Waals surface area contributed by atoms with Gasteiger partial charge in [0.05, 0.1) is 18.4 Å². The highest BCUT2D eigenvalue weighted by Crippen LogP contribution is 2.72. The average Bonchev–Trinajstić information content (AvgIpc) is 3.32. The van der Waals surface area contributed by atoms with Crippen molar-refractivity contribution in [2.24, 2.45) is 33.5 Å². The lowest BCUT2D eigenvalue weighted by Crippen LogP contribution is -2.64. The van der Waals surface area contributed by atoms with Crippen molar-refractivity contribution in [3.05, 3.63) is 48.0 Å². The second-order valence-electron chi connectivity index (χ2n) is 11.9. The minimum atomic E-state index is -0.539. The number of carbonyl (C=O) groups excluding carboxylic acids is 3. The minimum absolute atomic E-state index is 0.0525. The van der Waals surface area contributed by atoms with Gasteiger partial charge in [-0.25, -0.2) is 0 Å². The van der Waals surface area contributed by atoms with Gasteiger partial charge in [0.1, 0.15) is 6.10 Å². The van der Waals surface area contributed by atoms with E-state index in [2.05, 4.69) is 26.8 Å². The van der Waals surface area contributed by atoms with E-state index in [-0.39, 0.29) is 46.1 Å². The van der Waals surface area contributed by atoms with Gasteiger partial charge in [-0.2, -0.15) is 0 Å². The second-order valence-corrected chi connectivity index (χ2v) is 11.9. The van der Waals surface area contributed by atoms with Crippen molar-refractivity contribution in [1.29, 1.82) is 0 Å². The molecule has 4 aliphatic rings. The summed E-state index contributed by atoms with van der Waals surface area (Å²) in [6, 6.07) is 1.89. The summed E-state index contributed by atoms with van der Waals surface area (Å²) in [7, 11) is 0. The standard InChI is InChI=1S/C28H34O5/c1-16(29)33-23-14-20-25(2,3)22(31)8-11-26(20,4)19-7-10-27(5)21(28(19,23)6)13-18(30)24(27)17-9-12-32-15-17/h8-9,11-13,15,19-20,23-24H,7,10,14H2,1-6H3/t19-,20-,23+,24-,26-,27-,28-/m1/s1. The normalized spacial score (nSPS) is 43.4. The Labute approximate surface area is 195 Å². The molecule has 33 heavy (non-hydrogen) atoms. The van der Waals surface area contributed by atoms with Gasteiger partial charge >= 0.3 is 5.97 Å². The van der Waals surface area contributed by atoms with E-state index in [0.717, 1.165) is 24.0 Å². The molecule has 0 bridgehead atoms. The number of furan rings is 1. The minimum Gasteiger partial charge on any atom is -0.472 e. The maximum atomic E-state index is 13.4. The maximum absolute atomic E-state index is 13.4. The Morgan fingerprint density at radius 1 is 1.12 bits per heavy atom. The topological polar surface area (TPSA) is 73.6 Å². The Morgan fingerprint density at radius 2 is 1.85 bits per heavy atom. The van der Waals surface area contributed by atoms with E-state index in [0.29, 0.717) is 6.42 Å². The molecule has 0 saturated heterocycles. The number of carbonyl (C=O) groups is 3. The number of hydrogen-bond acceptors (Lipinski definition) is 5. The van der Waals surface area contributed by atoms with E-state index in [4.69, 9.17) is 9.15 Å². The molecule has 0 amide bonds. The Morgan fingerprint density at radius 3 is 2.48 bits per heavy atom. The van der Waals surface area contributed by atoms with Gasteiger partial charge in [0.2, 0.25) is 0 Å². The van der Waals surface area contributed by atoms with Gasteiger partial charge in [0.15, 0.2) is 11.6 Å². The lowest BCUT2D eigenvalue weighted by atomic mass is 9.38. The third-order valence-corrected chi connectivity index (χ3v) is 9.99. The summed E-state index contributed by atoms with van der Waals surface area (Å²) in [4.78, 5) is 38.6. The predicted molar refractivity (Wildman–Crippen MR) is 123 cm³/mol. The number of ether oxygens (including phenoxy) is 1. The summed E-state index contributed by atoms with van der Waals surface area (Å²) in [5, 5.41) is 0. The van der Waals surface area contributed by atoms with E-state index in [1.807, 2.05) is 26.0 Å². The molecule has 0 spiro atoms. The van der Waals surface area contributed by atoms with Gasteiger partial charge in [-0.1, -0.05) is 40.7 Å². The zero-order valence-corrected chi connectivity index (χ0v) is 20.4. The highest BCUT2D eigenvalue weighted by atomic mass is 16.5. The molecular formula is C28H34O5. The van der Waals surface area contributed by atoms with Gasteiger partial charge < -0.3 is 9.15 Å². The molecule has 2 fully saturated rings. The summed E-state index contributed by atoms with van der Waals surface area (Å²) in [6.45, 7) is 12.1. The molecule has 1 heterocycles. The molecular weight excluding hydrogens is 416 g/mol. The second kappa shape index (κ2) is 6.80. The van der Waals surface area contributed by atoms with Gasteiger partial charge in [-0.05, 0) is 60.3 Å². The summed E-state index contributed by atoms with van der Waals surface area (Å²) in [5.41, 5.74) is 0.363. The molecule has 1 aromatic rings. The van der Waals surface area contributed by atoms with Crippen LogP contribution < -0.4 is 0 Å². The van der Waals surface area contributed by atoms with E-state index in [1.165, 1.54) is 6.92 Å². The smallest absolute Gasteiger partial charge is 0.302 e. The Hall–Kier alpha value is -2.43. The van der Waals surface area contributed by atoms with E-state index in [1.54, 1.807) is 18.6 Å². The molecule has 5 rings (SSSR count). The van der Waals surface area contributed by atoms with Gasteiger partial charge in [-0.15, -0.1) is 0 Å². The molecule has 5 heteroatoms. The number of fused-ring (bicyclic) bond motifs is 5. The first-order chi connectivity index (χ1) is 15.4. The molecule has 0 aromatic carbocycles. The fourth-order valence-corrected chi connectivity index (χ4v) is 8.44. The lowest BCUT2D eigenvalue weighted by Gasteiger charge is -2.66. The predicted octanol–water partition coefficient (Wildman–Crippen LogP) is 5.42. The summed E-state index contributed by atoms with van der Waals surface area (Å²) < 4.78 is 11.4. The lowest BCUT2D eigenvalue weighted by molar-refractivity contribution is -0.187. The van der Waals surface area contributed by atoms with Crippen molar-refractivity contribution >= 4 is 17.5 Å². The van der Waals surface area contributed by atoms with Crippen LogP contribution in [0.3, 0.4) is 0 Å². The first-order valence-corrected chi connectivity index (χ1v) is 12.1. The first kappa shape index (κ1) is 22.4. The number of hydrogen-bond donors (Lipinski definition) is 0. The highest BCUT2D eigenvalue weighted by molar-refractivity contribution is 6.01. The molecule has 2 saturated carbocycles. The zero-order chi connectivity index (χ0) is 24.0. The molecule has 5 nitrogen and oxygen atoms in total. The van der Waals surface area contributed by atoms with Crippen LogP contribution in [0.25, 0.3) is 0 Å². The summed E-state index contributed by atoms with van der Waals surface area (Å²) >= 11 is 0. The molecule has 0 radical (unpaired) electrons. The van der Waals surface area contributed by atoms with E-state index >= 15 is 0 Å². The van der Waals surface area contributed by atoms with Crippen LogP contribution in [0.2, 0.25) is 0 Å². The van der Waals surface area contributed by atoms with Gasteiger partial charge in [0.25, 0.3) is 0 Å². The van der Waals surface area contributed by atoms with Crippen LogP contribution in [0.15, 0.2) is 46.8 Å². The third kappa shape index (κ3) is 2.74. The van der Waals surface area contributed by atoms with Crippen LogP contribution in [0.1, 0.15) is 72.3 Å². The van der Waals surface area contributed by atoms with Crippen molar-refractivity contribution in [2.75, 3.05) is 0 Å². The van der Waals surface area contributed by atoms with Crippen molar-refractivity contribution < 1.29 is 23.5 Å². The largest absolute Gasteiger partial charge is 0.472 e. The fraction of sp³-hybridized carbons (Fsp3) is 0.607. The maximum Gasteiger partial charge on any atom is 0.302 e. The average molecular weight is 451 g/mol. The number of ketones is 2. The molecule has 176 valence electrons. The van der Waals surface area contributed by atoms with Crippen molar-refractivity contribution in [1.82, 2.24) is 0 Å². The first-order valence-electron chi connectivity index (χ1n) is 12.1.